The van der Waals surface area contributed by atoms with Crippen molar-refractivity contribution in [1.29, 1.82) is 0 Å². The van der Waals surface area contributed by atoms with Crippen LogP contribution in [-0.4, -0.2) is 36.8 Å². The summed E-state index contributed by atoms with van der Waals surface area (Å²) in [5.74, 6) is -0.0426. The maximum atomic E-state index is 13.1. The van der Waals surface area contributed by atoms with Gasteiger partial charge < -0.3 is 4.90 Å². The van der Waals surface area contributed by atoms with E-state index in [1.807, 2.05) is 18.2 Å². The Hall–Kier alpha value is -1.37. The second-order valence-electron chi connectivity index (χ2n) is 6.10. The lowest BCUT2D eigenvalue weighted by Gasteiger charge is -2.29. The van der Waals surface area contributed by atoms with Gasteiger partial charge in [-0.05, 0) is 52.2 Å². The van der Waals surface area contributed by atoms with Crippen molar-refractivity contribution >= 4 is 43.3 Å². The first-order valence-electron chi connectivity index (χ1n) is 7.86. The maximum Gasteiger partial charge on any atom is 0.255 e. The van der Waals surface area contributed by atoms with Crippen molar-refractivity contribution < 1.29 is 13.2 Å². The summed E-state index contributed by atoms with van der Waals surface area (Å²) in [5, 5.41) is 0.621. The fraction of sp³-hybridized carbons (Fsp3) is 0.278. The molecule has 0 N–H and O–H groups in total. The zero-order valence-corrected chi connectivity index (χ0v) is 16.5. The topological polar surface area (TPSA) is 54.5 Å². The van der Waals surface area contributed by atoms with Crippen LogP contribution in [0.1, 0.15) is 22.3 Å². The van der Waals surface area contributed by atoms with E-state index in [-0.39, 0.29) is 23.5 Å². The lowest BCUT2D eigenvalue weighted by Crippen LogP contribution is -2.40. The lowest BCUT2D eigenvalue weighted by atomic mass is 10.1. The highest BCUT2D eigenvalue weighted by molar-refractivity contribution is 9.10. The summed E-state index contributed by atoms with van der Waals surface area (Å²) in [6.07, 6.45) is 0.464. The normalized spacial score (nSPS) is 18.9. The summed E-state index contributed by atoms with van der Waals surface area (Å²) < 4.78 is 24.5. The highest BCUT2D eigenvalue weighted by Gasteiger charge is 2.35. The van der Waals surface area contributed by atoms with Gasteiger partial charge in [0.1, 0.15) is 0 Å². The van der Waals surface area contributed by atoms with Crippen LogP contribution in [0, 0.1) is 0 Å². The largest absolute Gasteiger partial charge is 0.330 e. The molecule has 1 atom stereocenters. The Kier molecular flexibility index (Phi) is 5.51. The number of benzene rings is 2. The number of hydrogen-bond acceptors (Lipinski definition) is 3. The predicted octanol–water partition coefficient (Wildman–Crippen LogP) is 3.93. The van der Waals surface area contributed by atoms with Gasteiger partial charge in [-0.25, -0.2) is 8.42 Å². The van der Waals surface area contributed by atoms with Gasteiger partial charge in [0.2, 0.25) is 0 Å². The Labute approximate surface area is 160 Å². The van der Waals surface area contributed by atoms with Crippen LogP contribution in [0.15, 0.2) is 53.0 Å². The number of hydrogen-bond donors (Lipinski definition) is 0. The predicted molar refractivity (Wildman–Crippen MR) is 103 cm³/mol. The molecule has 0 aromatic heterocycles. The molecule has 1 amide bonds. The standard InChI is InChI=1S/C18H17BrClNO3S/c19-17-4-2-1-3-16(17)18(22)21(15-9-10-25(23,24)12-15)11-13-5-7-14(20)8-6-13/h1-8,15H,9-12H2/t15-/m1/s1. The molecule has 2 aromatic carbocycles. The average Bonchev–Trinajstić information content (AvgIpc) is 2.94. The van der Waals surface area contributed by atoms with Crippen LogP contribution in [0.25, 0.3) is 0 Å². The van der Waals surface area contributed by atoms with Gasteiger partial charge in [0.15, 0.2) is 9.84 Å². The molecule has 0 unspecified atom stereocenters. The molecule has 1 fully saturated rings. The third kappa shape index (κ3) is 4.43. The molecule has 0 spiro atoms. The van der Waals surface area contributed by atoms with Gasteiger partial charge >= 0.3 is 0 Å². The van der Waals surface area contributed by atoms with Gasteiger partial charge in [0, 0.05) is 22.1 Å². The Morgan fingerprint density at radius 1 is 1.16 bits per heavy atom. The van der Waals surface area contributed by atoms with Gasteiger partial charge in [0.05, 0.1) is 17.1 Å². The van der Waals surface area contributed by atoms with E-state index in [9.17, 15) is 13.2 Å². The van der Waals surface area contributed by atoms with E-state index >= 15 is 0 Å². The Morgan fingerprint density at radius 2 is 1.84 bits per heavy atom. The third-order valence-corrected chi connectivity index (χ3v) is 6.97. The second kappa shape index (κ2) is 7.48. The number of nitrogens with zero attached hydrogens (tertiary/aromatic N) is 1. The molecule has 132 valence electrons. The van der Waals surface area contributed by atoms with Gasteiger partial charge in [-0.1, -0.05) is 35.9 Å². The van der Waals surface area contributed by atoms with Crippen molar-refractivity contribution in [2.24, 2.45) is 0 Å². The molecule has 0 bridgehead atoms. The Balaban J connectivity index is 1.92. The van der Waals surface area contributed by atoms with Crippen LogP contribution in [0.3, 0.4) is 0 Å². The number of halogens is 2. The summed E-state index contributed by atoms with van der Waals surface area (Å²) >= 11 is 9.33. The van der Waals surface area contributed by atoms with Gasteiger partial charge in [-0.3, -0.25) is 4.79 Å². The zero-order chi connectivity index (χ0) is 18.0. The summed E-state index contributed by atoms with van der Waals surface area (Å²) in [6.45, 7) is 0.345. The van der Waals surface area contributed by atoms with Crippen LogP contribution in [-0.2, 0) is 16.4 Å². The molecule has 0 aliphatic carbocycles. The number of sulfone groups is 1. The van der Waals surface area contributed by atoms with Crippen molar-refractivity contribution in [3.8, 4) is 0 Å². The Morgan fingerprint density at radius 3 is 2.44 bits per heavy atom. The SMILES string of the molecule is O=C(c1ccccc1Br)N(Cc1ccc(Cl)cc1)[C@@H]1CCS(=O)(=O)C1. The monoisotopic (exact) mass is 441 g/mol. The first-order valence-corrected chi connectivity index (χ1v) is 10.9. The fourth-order valence-corrected chi connectivity index (χ4v) is 5.27. The van der Waals surface area contributed by atoms with Gasteiger partial charge in [0.25, 0.3) is 5.91 Å². The molecule has 1 heterocycles. The van der Waals surface area contributed by atoms with Crippen molar-refractivity contribution in [3.63, 3.8) is 0 Å². The molecular formula is C18H17BrClNO3S. The van der Waals surface area contributed by atoms with Crippen LogP contribution < -0.4 is 0 Å². The first-order chi connectivity index (χ1) is 11.9. The number of carbonyl (C=O) groups excluding carboxylic acids is 1. The maximum absolute atomic E-state index is 13.1. The van der Waals surface area contributed by atoms with E-state index in [1.165, 1.54) is 0 Å². The summed E-state index contributed by atoms with van der Waals surface area (Å²) in [5.41, 5.74) is 1.44. The lowest BCUT2D eigenvalue weighted by molar-refractivity contribution is 0.0680. The molecule has 1 aliphatic heterocycles. The number of carbonyl (C=O) groups is 1. The Bertz CT molecular complexity index is 883. The molecule has 0 radical (unpaired) electrons. The smallest absolute Gasteiger partial charge is 0.255 e. The molecule has 7 heteroatoms. The van der Waals surface area contributed by atoms with Gasteiger partial charge in [-0.15, -0.1) is 0 Å². The molecule has 3 rings (SSSR count). The molecular weight excluding hydrogens is 426 g/mol. The van der Waals surface area contributed by atoms with E-state index in [2.05, 4.69) is 15.9 Å². The van der Waals surface area contributed by atoms with Crippen molar-refractivity contribution in [3.05, 3.63) is 69.2 Å². The van der Waals surface area contributed by atoms with Crippen LogP contribution >= 0.6 is 27.5 Å². The molecule has 4 nitrogen and oxygen atoms in total. The molecule has 25 heavy (non-hydrogen) atoms. The minimum absolute atomic E-state index is 0.0107. The van der Waals surface area contributed by atoms with Crippen molar-refractivity contribution in [2.45, 2.75) is 19.0 Å². The second-order valence-corrected chi connectivity index (χ2v) is 9.62. The van der Waals surface area contributed by atoms with Crippen LogP contribution in [0.4, 0.5) is 0 Å². The fourth-order valence-electron chi connectivity index (χ4n) is 2.96. The quantitative estimate of drug-likeness (QED) is 0.721. The molecule has 0 saturated carbocycles. The van der Waals surface area contributed by atoms with E-state index in [4.69, 9.17) is 11.6 Å². The summed E-state index contributed by atoms with van der Waals surface area (Å²) in [4.78, 5) is 14.8. The minimum Gasteiger partial charge on any atom is -0.330 e. The molecule has 2 aromatic rings. The summed E-state index contributed by atoms with van der Waals surface area (Å²) in [6, 6.07) is 14.1. The average molecular weight is 443 g/mol. The summed E-state index contributed by atoms with van der Waals surface area (Å²) in [7, 11) is -3.09. The minimum atomic E-state index is -3.09. The van der Waals surface area contributed by atoms with E-state index in [0.29, 0.717) is 28.0 Å². The zero-order valence-electron chi connectivity index (χ0n) is 13.4. The van der Waals surface area contributed by atoms with Gasteiger partial charge in [-0.2, -0.15) is 0 Å². The number of amides is 1. The molecule has 1 saturated heterocycles. The van der Waals surface area contributed by atoms with E-state index in [0.717, 1.165) is 5.56 Å². The third-order valence-electron chi connectivity index (χ3n) is 4.28. The number of rotatable bonds is 4. The highest BCUT2D eigenvalue weighted by atomic mass is 79.9. The van der Waals surface area contributed by atoms with E-state index in [1.54, 1.807) is 35.2 Å². The van der Waals surface area contributed by atoms with Crippen LogP contribution in [0.5, 0.6) is 0 Å². The van der Waals surface area contributed by atoms with Crippen molar-refractivity contribution in [2.75, 3.05) is 11.5 Å². The van der Waals surface area contributed by atoms with Crippen LogP contribution in [0.2, 0.25) is 5.02 Å². The van der Waals surface area contributed by atoms with Crippen molar-refractivity contribution in [1.82, 2.24) is 4.90 Å². The van der Waals surface area contributed by atoms with E-state index < -0.39 is 9.84 Å². The first kappa shape index (κ1) is 18.4. The molecule has 1 aliphatic rings. The highest BCUT2D eigenvalue weighted by Crippen LogP contribution is 2.25.